The third-order valence-corrected chi connectivity index (χ3v) is 3.09. The van der Waals surface area contributed by atoms with Crippen LogP contribution in [-0.2, 0) is 0 Å². The van der Waals surface area contributed by atoms with Crippen LogP contribution in [0.3, 0.4) is 0 Å². The fraction of sp³-hybridized carbons (Fsp3) is 0.400. The zero-order valence-corrected chi connectivity index (χ0v) is 9.02. The minimum absolute atomic E-state index is 0.172. The highest BCUT2D eigenvalue weighted by molar-refractivity contribution is 7.99. The highest BCUT2D eigenvalue weighted by Gasteiger charge is 2.10. The molecule has 1 rings (SSSR count). The van der Waals surface area contributed by atoms with Gasteiger partial charge in [0.05, 0.1) is 18.1 Å². The molecule has 0 heterocycles. The Morgan fingerprint density at radius 1 is 1.40 bits per heavy atom. The SMILES string of the molecule is NC(SCC(O)CO)c1cccc(O)c1. The van der Waals surface area contributed by atoms with Crippen molar-refractivity contribution in [3.8, 4) is 5.75 Å². The lowest BCUT2D eigenvalue weighted by Gasteiger charge is -2.13. The fourth-order valence-corrected chi connectivity index (χ4v) is 1.94. The monoisotopic (exact) mass is 229 g/mol. The van der Waals surface area contributed by atoms with Gasteiger partial charge in [-0.1, -0.05) is 12.1 Å². The molecule has 0 spiro atoms. The summed E-state index contributed by atoms with van der Waals surface area (Å²) in [6.45, 7) is -0.264. The highest BCUT2D eigenvalue weighted by atomic mass is 32.2. The Kier molecular flexibility index (Phi) is 4.90. The Labute approximate surface area is 92.7 Å². The minimum Gasteiger partial charge on any atom is -0.508 e. The molecule has 0 aliphatic heterocycles. The van der Waals surface area contributed by atoms with E-state index in [0.717, 1.165) is 5.56 Å². The summed E-state index contributed by atoms with van der Waals surface area (Å²) in [6, 6.07) is 6.68. The molecule has 0 amide bonds. The van der Waals surface area contributed by atoms with E-state index in [1.165, 1.54) is 11.8 Å². The van der Waals surface area contributed by atoms with E-state index in [9.17, 15) is 5.11 Å². The molecule has 1 aromatic rings. The molecule has 0 saturated heterocycles. The molecule has 0 saturated carbocycles. The standard InChI is InChI=1S/C10H15NO3S/c11-10(15-6-9(14)5-12)7-2-1-3-8(13)4-7/h1-4,9-10,12-14H,5-6,11H2. The highest BCUT2D eigenvalue weighted by Crippen LogP contribution is 2.26. The molecule has 0 aliphatic rings. The van der Waals surface area contributed by atoms with Crippen LogP contribution in [0.15, 0.2) is 24.3 Å². The number of hydrogen-bond donors (Lipinski definition) is 4. The van der Waals surface area contributed by atoms with Crippen LogP contribution in [0.2, 0.25) is 0 Å². The van der Waals surface area contributed by atoms with Gasteiger partial charge in [-0.15, -0.1) is 11.8 Å². The van der Waals surface area contributed by atoms with Gasteiger partial charge < -0.3 is 21.1 Å². The molecule has 84 valence electrons. The van der Waals surface area contributed by atoms with E-state index in [0.29, 0.717) is 5.75 Å². The fourth-order valence-electron chi connectivity index (χ4n) is 1.07. The number of phenols is 1. The van der Waals surface area contributed by atoms with E-state index >= 15 is 0 Å². The second-order valence-corrected chi connectivity index (χ2v) is 4.36. The molecule has 2 unspecified atom stereocenters. The van der Waals surface area contributed by atoms with Gasteiger partial charge in [-0.2, -0.15) is 0 Å². The number of thioether (sulfide) groups is 1. The average molecular weight is 229 g/mol. The molecule has 1 aromatic carbocycles. The van der Waals surface area contributed by atoms with Crippen molar-refractivity contribution in [2.45, 2.75) is 11.5 Å². The second kappa shape index (κ2) is 5.97. The first-order valence-electron chi connectivity index (χ1n) is 4.58. The van der Waals surface area contributed by atoms with Crippen LogP contribution in [0, 0.1) is 0 Å². The molecule has 0 bridgehead atoms. The number of hydrogen-bond acceptors (Lipinski definition) is 5. The predicted octanol–water partition coefficient (Wildman–Crippen LogP) is 0.436. The van der Waals surface area contributed by atoms with Gasteiger partial charge in [-0.3, -0.25) is 0 Å². The van der Waals surface area contributed by atoms with Gasteiger partial charge in [-0.05, 0) is 17.7 Å². The topological polar surface area (TPSA) is 86.7 Å². The third-order valence-electron chi connectivity index (χ3n) is 1.88. The summed E-state index contributed by atoms with van der Waals surface area (Å²) in [4.78, 5) is 0. The third kappa shape index (κ3) is 4.09. The van der Waals surface area contributed by atoms with Crippen LogP contribution in [0.4, 0.5) is 0 Å². The quantitative estimate of drug-likeness (QED) is 0.550. The Hall–Kier alpha value is -0.750. The van der Waals surface area contributed by atoms with Gasteiger partial charge in [0.2, 0.25) is 0 Å². The molecular formula is C10H15NO3S. The largest absolute Gasteiger partial charge is 0.508 e. The van der Waals surface area contributed by atoms with Gasteiger partial charge in [0.15, 0.2) is 0 Å². The summed E-state index contributed by atoms with van der Waals surface area (Å²) < 4.78 is 0. The van der Waals surface area contributed by atoms with Crippen LogP contribution in [0.5, 0.6) is 5.75 Å². The van der Waals surface area contributed by atoms with E-state index in [4.69, 9.17) is 15.9 Å². The molecule has 0 radical (unpaired) electrons. The first-order chi connectivity index (χ1) is 7.13. The summed E-state index contributed by atoms with van der Waals surface area (Å²) in [7, 11) is 0. The first kappa shape index (κ1) is 12.3. The van der Waals surface area contributed by atoms with Crippen molar-refractivity contribution >= 4 is 11.8 Å². The Balaban J connectivity index is 2.50. The number of aliphatic hydroxyl groups excluding tert-OH is 2. The van der Waals surface area contributed by atoms with Crippen LogP contribution < -0.4 is 5.73 Å². The van der Waals surface area contributed by atoms with Crippen molar-refractivity contribution < 1.29 is 15.3 Å². The average Bonchev–Trinajstić information content (AvgIpc) is 2.25. The molecule has 5 N–H and O–H groups in total. The summed E-state index contributed by atoms with van der Waals surface area (Å²) in [5, 5.41) is 26.7. The number of nitrogens with two attached hydrogens (primary N) is 1. The van der Waals surface area contributed by atoms with Gasteiger partial charge in [0, 0.05) is 5.75 Å². The minimum atomic E-state index is -0.752. The summed E-state index contributed by atoms with van der Waals surface area (Å²) >= 11 is 1.33. The van der Waals surface area contributed by atoms with Crippen molar-refractivity contribution in [1.82, 2.24) is 0 Å². The molecule has 5 heteroatoms. The molecule has 4 nitrogen and oxygen atoms in total. The van der Waals surface area contributed by atoms with Crippen molar-refractivity contribution in [2.24, 2.45) is 5.73 Å². The maximum atomic E-state index is 9.23. The van der Waals surface area contributed by atoms with E-state index in [1.54, 1.807) is 18.2 Å². The lowest BCUT2D eigenvalue weighted by Crippen LogP contribution is -2.17. The van der Waals surface area contributed by atoms with Gasteiger partial charge in [0.1, 0.15) is 5.75 Å². The molecule has 2 atom stereocenters. The van der Waals surface area contributed by atoms with Crippen LogP contribution in [0.25, 0.3) is 0 Å². The molecule has 0 aliphatic carbocycles. The molecule has 15 heavy (non-hydrogen) atoms. The lowest BCUT2D eigenvalue weighted by atomic mass is 10.2. The second-order valence-electron chi connectivity index (χ2n) is 3.19. The van der Waals surface area contributed by atoms with E-state index in [1.807, 2.05) is 6.07 Å². The maximum Gasteiger partial charge on any atom is 0.115 e. The van der Waals surface area contributed by atoms with Crippen LogP contribution in [-0.4, -0.2) is 33.8 Å². The van der Waals surface area contributed by atoms with E-state index in [2.05, 4.69) is 0 Å². The number of aliphatic hydroxyl groups is 2. The van der Waals surface area contributed by atoms with Gasteiger partial charge in [0.25, 0.3) is 0 Å². The smallest absolute Gasteiger partial charge is 0.115 e. The first-order valence-corrected chi connectivity index (χ1v) is 5.63. The predicted molar refractivity (Wildman–Crippen MR) is 60.6 cm³/mol. The number of benzene rings is 1. The Morgan fingerprint density at radius 3 is 2.73 bits per heavy atom. The van der Waals surface area contributed by atoms with Crippen molar-refractivity contribution in [1.29, 1.82) is 0 Å². The zero-order valence-electron chi connectivity index (χ0n) is 8.21. The normalized spacial score (nSPS) is 14.9. The summed E-state index contributed by atoms with van der Waals surface area (Å²) in [5.41, 5.74) is 6.62. The van der Waals surface area contributed by atoms with Gasteiger partial charge in [-0.25, -0.2) is 0 Å². The van der Waals surface area contributed by atoms with E-state index in [-0.39, 0.29) is 17.7 Å². The molecular weight excluding hydrogens is 214 g/mol. The molecule has 0 fully saturated rings. The Morgan fingerprint density at radius 2 is 2.13 bits per heavy atom. The maximum absolute atomic E-state index is 9.23. The van der Waals surface area contributed by atoms with Crippen molar-refractivity contribution in [3.63, 3.8) is 0 Å². The zero-order chi connectivity index (χ0) is 11.3. The van der Waals surface area contributed by atoms with Crippen LogP contribution in [0.1, 0.15) is 10.9 Å². The number of phenolic OH excluding ortho intramolecular Hbond substituents is 1. The summed E-state index contributed by atoms with van der Waals surface area (Å²) in [5.74, 6) is 0.541. The van der Waals surface area contributed by atoms with Crippen LogP contribution >= 0.6 is 11.8 Å². The number of aromatic hydroxyl groups is 1. The lowest BCUT2D eigenvalue weighted by molar-refractivity contribution is 0.113. The van der Waals surface area contributed by atoms with Crippen molar-refractivity contribution in [3.05, 3.63) is 29.8 Å². The Bertz CT molecular complexity index is 308. The van der Waals surface area contributed by atoms with Gasteiger partial charge >= 0.3 is 0 Å². The number of rotatable bonds is 5. The van der Waals surface area contributed by atoms with Crippen molar-refractivity contribution in [2.75, 3.05) is 12.4 Å². The molecule has 0 aromatic heterocycles. The van der Waals surface area contributed by atoms with E-state index < -0.39 is 6.10 Å². The summed E-state index contributed by atoms with van der Waals surface area (Å²) in [6.07, 6.45) is -0.752.